The van der Waals surface area contributed by atoms with Crippen molar-refractivity contribution in [3.8, 4) is 0 Å². The molecule has 1 fully saturated rings. The van der Waals surface area contributed by atoms with Gasteiger partial charge in [-0.2, -0.15) is 0 Å². The lowest BCUT2D eigenvalue weighted by Gasteiger charge is -2.18. The number of ether oxygens (including phenoxy) is 1. The summed E-state index contributed by atoms with van der Waals surface area (Å²) in [5, 5.41) is 4.33. The predicted molar refractivity (Wildman–Crippen MR) is 97.0 cm³/mol. The maximum Gasteiger partial charge on any atom is 0.341 e. The van der Waals surface area contributed by atoms with E-state index in [0.29, 0.717) is 27.2 Å². The number of likely N-dealkylation sites (tertiary alicyclic amines) is 1. The second-order valence-corrected chi connectivity index (χ2v) is 6.31. The molecule has 3 rings (SSSR count). The maximum atomic E-state index is 12.3. The predicted octanol–water partition coefficient (Wildman–Crippen LogP) is 3.10. The second kappa shape index (κ2) is 7.70. The van der Waals surface area contributed by atoms with E-state index >= 15 is 0 Å². The van der Waals surface area contributed by atoms with Gasteiger partial charge in [0.1, 0.15) is 5.56 Å². The molecule has 1 aromatic carbocycles. The third-order valence-corrected chi connectivity index (χ3v) is 4.44. The zero-order valence-electron chi connectivity index (χ0n) is 14.0. The Morgan fingerprint density at radius 1 is 1.32 bits per heavy atom. The number of rotatable bonds is 5. The fourth-order valence-electron chi connectivity index (χ4n) is 2.96. The van der Waals surface area contributed by atoms with E-state index in [9.17, 15) is 9.59 Å². The molecule has 1 amide bonds. The van der Waals surface area contributed by atoms with Crippen LogP contribution < -0.4 is 5.32 Å². The minimum atomic E-state index is -0.479. The average Bonchev–Trinajstić information content (AvgIpc) is 3.14. The number of aromatic nitrogens is 1. The highest BCUT2D eigenvalue weighted by molar-refractivity contribution is 6.31. The molecule has 0 aliphatic carbocycles. The fraction of sp³-hybridized carbons (Fsp3) is 0.389. The highest BCUT2D eigenvalue weighted by atomic mass is 35.5. The Morgan fingerprint density at radius 3 is 2.80 bits per heavy atom. The van der Waals surface area contributed by atoms with Crippen molar-refractivity contribution in [2.24, 2.45) is 0 Å². The molecule has 1 aliphatic heterocycles. The van der Waals surface area contributed by atoms with Crippen molar-refractivity contribution in [1.82, 2.24) is 9.88 Å². The Kier molecular flexibility index (Phi) is 5.38. The lowest BCUT2D eigenvalue weighted by molar-refractivity contribution is -0.128. The first-order chi connectivity index (χ1) is 12.1. The van der Waals surface area contributed by atoms with Crippen LogP contribution in [0, 0.1) is 0 Å². The molecule has 2 heterocycles. The zero-order valence-corrected chi connectivity index (χ0v) is 14.8. The van der Waals surface area contributed by atoms with Crippen molar-refractivity contribution >= 4 is 40.1 Å². The number of hydrogen-bond donors (Lipinski definition) is 1. The van der Waals surface area contributed by atoms with Gasteiger partial charge in [0.25, 0.3) is 0 Å². The summed E-state index contributed by atoms with van der Waals surface area (Å²) in [5.41, 5.74) is 1.51. The Hall–Kier alpha value is -2.34. The van der Waals surface area contributed by atoms with Gasteiger partial charge in [-0.3, -0.25) is 9.78 Å². The molecule has 7 heteroatoms. The Morgan fingerprint density at radius 2 is 2.08 bits per heavy atom. The topological polar surface area (TPSA) is 71.5 Å². The third-order valence-electron chi connectivity index (χ3n) is 4.20. The molecule has 0 spiro atoms. The molecule has 2 aromatic rings. The number of esters is 1. The zero-order chi connectivity index (χ0) is 17.8. The SMILES string of the molecule is CCOC(=O)c1cnc2ccc(Cl)cc2c1NCC(=O)N1CCCC1. The first-order valence-electron chi connectivity index (χ1n) is 8.37. The summed E-state index contributed by atoms with van der Waals surface area (Å²) in [7, 11) is 0. The van der Waals surface area contributed by atoms with Gasteiger partial charge in [-0.15, -0.1) is 0 Å². The molecular weight excluding hydrogens is 342 g/mol. The van der Waals surface area contributed by atoms with E-state index in [2.05, 4.69) is 10.3 Å². The minimum Gasteiger partial charge on any atom is -0.462 e. The van der Waals surface area contributed by atoms with Crippen molar-refractivity contribution in [3.63, 3.8) is 0 Å². The smallest absolute Gasteiger partial charge is 0.341 e. The fourth-order valence-corrected chi connectivity index (χ4v) is 3.13. The molecule has 0 atom stereocenters. The van der Waals surface area contributed by atoms with E-state index in [1.807, 2.05) is 4.90 Å². The van der Waals surface area contributed by atoms with Gasteiger partial charge in [0.2, 0.25) is 5.91 Å². The van der Waals surface area contributed by atoms with Gasteiger partial charge in [-0.25, -0.2) is 4.79 Å². The van der Waals surface area contributed by atoms with E-state index in [1.54, 1.807) is 25.1 Å². The Bertz CT molecular complexity index is 803. The number of hydrogen-bond acceptors (Lipinski definition) is 5. The molecule has 25 heavy (non-hydrogen) atoms. The molecule has 0 saturated carbocycles. The van der Waals surface area contributed by atoms with Crippen molar-refractivity contribution in [3.05, 3.63) is 35.0 Å². The molecule has 1 saturated heterocycles. The molecule has 1 aliphatic rings. The van der Waals surface area contributed by atoms with Crippen molar-refractivity contribution < 1.29 is 14.3 Å². The van der Waals surface area contributed by atoms with Gasteiger partial charge in [0, 0.05) is 29.7 Å². The molecule has 0 unspecified atom stereocenters. The summed E-state index contributed by atoms with van der Waals surface area (Å²) in [4.78, 5) is 30.7. The van der Waals surface area contributed by atoms with Gasteiger partial charge in [0.05, 0.1) is 24.4 Å². The summed E-state index contributed by atoms with van der Waals surface area (Å²) < 4.78 is 5.11. The van der Waals surface area contributed by atoms with Crippen LogP contribution in [0.5, 0.6) is 0 Å². The van der Waals surface area contributed by atoms with E-state index < -0.39 is 5.97 Å². The summed E-state index contributed by atoms with van der Waals surface area (Å²) in [6.07, 6.45) is 3.54. The van der Waals surface area contributed by atoms with Crippen molar-refractivity contribution in [2.75, 3.05) is 31.6 Å². The standard InChI is InChI=1S/C18H20ClN3O3/c1-2-25-18(24)14-10-20-15-6-5-12(19)9-13(15)17(14)21-11-16(23)22-7-3-4-8-22/h5-6,9-10H,2-4,7-8,11H2,1H3,(H,20,21). The summed E-state index contributed by atoms with van der Waals surface area (Å²) in [6, 6.07) is 5.25. The number of nitrogens with one attached hydrogen (secondary N) is 1. The lowest BCUT2D eigenvalue weighted by atomic mass is 10.1. The number of fused-ring (bicyclic) bond motifs is 1. The normalized spacial score (nSPS) is 13.9. The quantitative estimate of drug-likeness (QED) is 0.828. The maximum absolute atomic E-state index is 12.3. The molecule has 1 aromatic heterocycles. The number of halogens is 1. The van der Waals surface area contributed by atoms with Gasteiger partial charge in [-0.1, -0.05) is 11.6 Å². The number of pyridine rings is 1. The molecule has 6 nitrogen and oxygen atoms in total. The molecule has 132 valence electrons. The largest absolute Gasteiger partial charge is 0.462 e. The molecular formula is C18H20ClN3O3. The number of amides is 1. The van der Waals surface area contributed by atoms with Crippen LogP contribution in [0.25, 0.3) is 10.9 Å². The number of anilines is 1. The van der Waals surface area contributed by atoms with E-state index in [-0.39, 0.29) is 19.1 Å². The molecule has 0 bridgehead atoms. The van der Waals surface area contributed by atoms with E-state index in [1.165, 1.54) is 6.20 Å². The minimum absolute atomic E-state index is 0.0132. The average molecular weight is 362 g/mol. The van der Waals surface area contributed by atoms with Crippen molar-refractivity contribution in [2.45, 2.75) is 19.8 Å². The van der Waals surface area contributed by atoms with Crippen LogP contribution >= 0.6 is 11.6 Å². The van der Waals surface area contributed by atoms with Gasteiger partial charge in [0.15, 0.2) is 0 Å². The van der Waals surface area contributed by atoms with Crippen LogP contribution in [0.3, 0.4) is 0 Å². The summed E-state index contributed by atoms with van der Waals surface area (Å²) >= 11 is 6.10. The van der Waals surface area contributed by atoms with Gasteiger partial charge in [-0.05, 0) is 38.0 Å². The van der Waals surface area contributed by atoms with Gasteiger partial charge < -0.3 is 15.0 Å². The Balaban J connectivity index is 1.93. The highest BCUT2D eigenvalue weighted by Crippen LogP contribution is 2.29. The Labute approximate surface area is 151 Å². The number of carbonyl (C=O) groups excluding carboxylic acids is 2. The highest BCUT2D eigenvalue weighted by Gasteiger charge is 2.21. The van der Waals surface area contributed by atoms with Crippen LogP contribution in [0.2, 0.25) is 5.02 Å². The first-order valence-corrected chi connectivity index (χ1v) is 8.75. The summed E-state index contributed by atoms with van der Waals surface area (Å²) in [6.45, 7) is 3.69. The third kappa shape index (κ3) is 3.85. The lowest BCUT2D eigenvalue weighted by Crippen LogP contribution is -2.33. The summed E-state index contributed by atoms with van der Waals surface area (Å²) in [5.74, 6) is -0.465. The molecule has 1 N–H and O–H groups in total. The van der Waals surface area contributed by atoms with E-state index in [4.69, 9.17) is 16.3 Å². The van der Waals surface area contributed by atoms with Crippen LogP contribution in [-0.4, -0.2) is 48.0 Å². The number of benzene rings is 1. The first kappa shape index (κ1) is 17.5. The van der Waals surface area contributed by atoms with Crippen molar-refractivity contribution in [1.29, 1.82) is 0 Å². The monoisotopic (exact) mass is 361 g/mol. The van der Waals surface area contributed by atoms with Crippen LogP contribution in [0.1, 0.15) is 30.1 Å². The number of nitrogens with zero attached hydrogens (tertiary/aromatic N) is 2. The van der Waals surface area contributed by atoms with Crippen LogP contribution in [-0.2, 0) is 9.53 Å². The van der Waals surface area contributed by atoms with Crippen LogP contribution in [0.4, 0.5) is 5.69 Å². The number of carbonyl (C=O) groups is 2. The van der Waals surface area contributed by atoms with Gasteiger partial charge >= 0.3 is 5.97 Å². The van der Waals surface area contributed by atoms with Crippen LogP contribution in [0.15, 0.2) is 24.4 Å². The van der Waals surface area contributed by atoms with E-state index in [0.717, 1.165) is 25.9 Å². The molecule has 0 radical (unpaired) electrons. The second-order valence-electron chi connectivity index (χ2n) is 5.87.